The van der Waals surface area contributed by atoms with E-state index in [1.807, 2.05) is 9.80 Å². The molecule has 23 heavy (non-hydrogen) atoms. The fraction of sp³-hybridized carbons (Fsp3) is 0.625. The molecule has 0 N–H and O–H groups in total. The molecule has 3 rings (SSSR count). The van der Waals surface area contributed by atoms with Crippen molar-refractivity contribution < 1.29 is 14.3 Å². The van der Waals surface area contributed by atoms with E-state index in [-0.39, 0.29) is 17.2 Å². The maximum Gasteiger partial charge on any atom is 0.256 e. The van der Waals surface area contributed by atoms with Crippen LogP contribution in [0.3, 0.4) is 0 Å². The van der Waals surface area contributed by atoms with Crippen LogP contribution in [-0.2, 0) is 9.53 Å². The maximum absolute atomic E-state index is 12.4. The van der Waals surface area contributed by atoms with E-state index in [1.165, 1.54) is 6.33 Å². The molecule has 0 radical (unpaired) electrons. The number of amides is 2. The summed E-state index contributed by atoms with van der Waals surface area (Å²) in [5, 5.41) is 0. The average molecular weight is 318 g/mol. The summed E-state index contributed by atoms with van der Waals surface area (Å²) in [6.07, 6.45) is 6.83. The molecule has 1 spiro atoms. The molecule has 1 aromatic heterocycles. The van der Waals surface area contributed by atoms with Gasteiger partial charge >= 0.3 is 0 Å². The van der Waals surface area contributed by atoms with Crippen molar-refractivity contribution in [1.29, 1.82) is 0 Å². The van der Waals surface area contributed by atoms with Gasteiger partial charge in [0.25, 0.3) is 5.91 Å². The van der Waals surface area contributed by atoms with Crippen molar-refractivity contribution in [3.8, 4) is 0 Å². The summed E-state index contributed by atoms with van der Waals surface area (Å²) >= 11 is 0. The van der Waals surface area contributed by atoms with Crippen LogP contribution in [0.15, 0.2) is 18.7 Å². The van der Waals surface area contributed by atoms with Crippen molar-refractivity contribution >= 4 is 11.8 Å². The summed E-state index contributed by atoms with van der Waals surface area (Å²) in [7, 11) is 1.65. The van der Waals surface area contributed by atoms with Gasteiger partial charge in [0.1, 0.15) is 6.33 Å². The van der Waals surface area contributed by atoms with Gasteiger partial charge < -0.3 is 14.5 Å². The zero-order valence-electron chi connectivity index (χ0n) is 13.4. The third-order valence-electron chi connectivity index (χ3n) is 4.89. The summed E-state index contributed by atoms with van der Waals surface area (Å²) in [6.45, 7) is 3.37. The Morgan fingerprint density at radius 2 is 2.00 bits per heavy atom. The van der Waals surface area contributed by atoms with Crippen molar-refractivity contribution in [2.24, 2.45) is 5.41 Å². The number of rotatable bonds is 4. The first-order valence-corrected chi connectivity index (χ1v) is 7.95. The minimum atomic E-state index is -0.0268. The number of methoxy groups -OCH3 is 1. The number of hydrogen-bond donors (Lipinski definition) is 0. The predicted molar refractivity (Wildman–Crippen MR) is 82.7 cm³/mol. The Hall–Kier alpha value is -2.02. The number of aromatic nitrogens is 2. The van der Waals surface area contributed by atoms with Crippen LogP contribution in [0.2, 0.25) is 0 Å². The molecular formula is C16H22N4O3. The van der Waals surface area contributed by atoms with E-state index < -0.39 is 0 Å². The third kappa shape index (κ3) is 3.34. The van der Waals surface area contributed by atoms with Gasteiger partial charge in [-0.2, -0.15) is 0 Å². The van der Waals surface area contributed by atoms with E-state index >= 15 is 0 Å². The first-order valence-electron chi connectivity index (χ1n) is 7.95. The number of piperidine rings is 1. The van der Waals surface area contributed by atoms with Crippen molar-refractivity contribution in [2.75, 3.05) is 39.9 Å². The fourth-order valence-corrected chi connectivity index (χ4v) is 3.50. The summed E-state index contributed by atoms with van der Waals surface area (Å²) in [6, 6.07) is 0. The SMILES string of the molecule is COCCN1CC2(CCN(C(=O)c3cncnc3)CC2)CC1=O. The Bertz CT molecular complexity index is 570. The monoisotopic (exact) mass is 318 g/mol. The van der Waals surface area contributed by atoms with Gasteiger partial charge in [-0.15, -0.1) is 0 Å². The Balaban J connectivity index is 1.58. The van der Waals surface area contributed by atoms with Crippen LogP contribution in [0.5, 0.6) is 0 Å². The van der Waals surface area contributed by atoms with Gasteiger partial charge in [-0.1, -0.05) is 0 Å². The highest BCUT2D eigenvalue weighted by atomic mass is 16.5. The van der Waals surface area contributed by atoms with Gasteiger partial charge in [-0.25, -0.2) is 9.97 Å². The van der Waals surface area contributed by atoms with Crippen molar-refractivity contribution in [2.45, 2.75) is 19.3 Å². The summed E-state index contributed by atoms with van der Waals surface area (Å²) < 4.78 is 5.07. The minimum absolute atomic E-state index is 0.0226. The molecule has 0 unspecified atom stereocenters. The van der Waals surface area contributed by atoms with Crippen molar-refractivity contribution in [1.82, 2.24) is 19.8 Å². The van der Waals surface area contributed by atoms with Crippen LogP contribution in [-0.4, -0.2) is 71.5 Å². The zero-order valence-corrected chi connectivity index (χ0v) is 13.4. The van der Waals surface area contributed by atoms with Crippen LogP contribution in [0.25, 0.3) is 0 Å². The summed E-state index contributed by atoms with van der Waals surface area (Å²) in [5.41, 5.74) is 0.544. The lowest BCUT2D eigenvalue weighted by atomic mass is 9.77. The van der Waals surface area contributed by atoms with Gasteiger partial charge in [-0.05, 0) is 12.8 Å². The van der Waals surface area contributed by atoms with Crippen LogP contribution in [0, 0.1) is 5.41 Å². The van der Waals surface area contributed by atoms with Gasteiger partial charge in [0, 0.05) is 57.5 Å². The van der Waals surface area contributed by atoms with E-state index in [2.05, 4.69) is 9.97 Å². The maximum atomic E-state index is 12.4. The first kappa shape index (κ1) is 15.9. The Kier molecular flexibility index (Phi) is 4.56. The van der Waals surface area contributed by atoms with E-state index in [0.29, 0.717) is 38.2 Å². The van der Waals surface area contributed by atoms with Crippen LogP contribution < -0.4 is 0 Å². The molecule has 124 valence electrons. The third-order valence-corrected chi connectivity index (χ3v) is 4.89. The highest BCUT2D eigenvalue weighted by Gasteiger charge is 2.45. The van der Waals surface area contributed by atoms with E-state index in [4.69, 9.17) is 4.74 Å². The largest absolute Gasteiger partial charge is 0.383 e. The summed E-state index contributed by atoms with van der Waals surface area (Å²) in [5.74, 6) is 0.180. The smallest absolute Gasteiger partial charge is 0.256 e. The molecular weight excluding hydrogens is 296 g/mol. The lowest BCUT2D eigenvalue weighted by molar-refractivity contribution is -0.128. The molecule has 2 amide bonds. The topological polar surface area (TPSA) is 75.6 Å². The first-order chi connectivity index (χ1) is 11.1. The fourth-order valence-electron chi connectivity index (χ4n) is 3.50. The van der Waals surface area contributed by atoms with Crippen molar-refractivity contribution in [3.05, 3.63) is 24.3 Å². The van der Waals surface area contributed by atoms with E-state index in [9.17, 15) is 9.59 Å². The highest BCUT2D eigenvalue weighted by molar-refractivity contribution is 5.93. The number of ether oxygens (including phenoxy) is 1. The average Bonchev–Trinajstić information content (AvgIpc) is 2.89. The van der Waals surface area contributed by atoms with Gasteiger partial charge in [0.05, 0.1) is 12.2 Å². The van der Waals surface area contributed by atoms with Crippen LogP contribution in [0.4, 0.5) is 0 Å². The quantitative estimate of drug-likeness (QED) is 0.811. The molecule has 2 aliphatic heterocycles. The van der Waals surface area contributed by atoms with Crippen LogP contribution >= 0.6 is 0 Å². The van der Waals surface area contributed by atoms with E-state index in [0.717, 1.165) is 19.4 Å². The second-order valence-electron chi connectivity index (χ2n) is 6.40. The Morgan fingerprint density at radius 3 is 2.65 bits per heavy atom. The standard InChI is InChI=1S/C16H22N4O3/c1-23-7-6-20-11-16(8-14(20)21)2-4-19(5-3-16)15(22)13-9-17-12-18-10-13/h9-10,12H,2-8,11H2,1H3. The van der Waals surface area contributed by atoms with E-state index in [1.54, 1.807) is 19.5 Å². The molecule has 0 aromatic carbocycles. The number of nitrogens with zero attached hydrogens (tertiary/aromatic N) is 4. The molecule has 1 aromatic rings. The normalized spacial score (nSPS) is 20.3. The lowest BCUT2D eigenvalue weighted by Gasteiger charge is -2.38. The molecule has 0 aliphatic carbocycles. The molecule has 7 nitrogen and oxygen atoms in total. The number of likely N-dealkylation sites (tertiary alicyclic amines) is 2. The molecule has 2 fully saturated rings. The number of carbonyl (C=O) groups excluding carboxylic acids is 2. The minimum Gasteiger partial charge on any atom is -0.383 e. The highest BCUT2D eigenvalue weighted by Crippen LogP contribution is 2.41. The molecule has 2 aliphatic rings. The molecule has 0 atom stereocenters. The lowest BCUT2D eigenvalue weighted by Crippen LogP contribution is -2.44. The molecule has 3 heterocycles. The molecule has 0 bridgehead atoms. The molecule has 0 saturated carbocycles. The van der Waals surface area contributed by atoms with Crippen molar-refractivity contribution in [3.63, 3.8) is 0 Å². The van der Waals surface area contributed by atoms with Gasteiger partial charge in [0.2, 0.25) is 5.91 Å². The molecule has 2 saturated heterocycles. The van der Waals surface area contributed by atoms with Crippen LogP contribution in [0.1, 0.15) is 29.6 Å². The summed E-state index contributed by atoms with van der Waals surface area (Å²) in [4.78, 5) is 36.1. The second-order valence-corrected chi connectivity index (χ2v) is 6.40. The number of carbonyl (C=O) groups is 2. The zero-order chi connectivity index (χ0) is 16.3. The van der Waals surface area contributed by atoms with Gasteiger partial charge in [-0.3, -0.25) is 9.59 Å². The number of hydrogen-bond acceptors (Lipinski definition) is 5. The van der Waals surface area contributed by atoms with Gasteiger partial charge in [0.15, 0.2) is 0 Å². The Morgan fingerprint density at radius 1 is 1.30 bits per heavy atom. The Labute approximate surface area is 135 Å². The molecule has 7 heteroatoms. The predicted octanol–water partition coefficient (Wildman–Crippen LogP) is 0.578. The second kappa shape index (κ2) is 6.62.